The van der Waals surface area contributed by atoms with E-state index in [1.807, 2.05) is 49.4 Å². The molecule has 142 valence electrons. The van der Waals surface area contributed by atoms with Crippen molar-refractivity contribution in [2.24, 2.45) is 0 Å². The monoisotopic (exact) mass is 377 g/mol. The van der Waals surface area contributed by atoms with Gasteiger partial charge < -0.3 is 5.32 Å². The first kappa shape index (κ1) is 18.8. The molecule has 1 heterocycles. The van der Waals surface area contributed by atoms with Crippen LogP contribution in [0, 0.1) is 6.92 Å². The first-order valence-electron chi connectivity index (χ1n) is 8.58. The van der Waals surface area contributed by atoms with Crippen LogP contribution in [0.25, 0.3) is 11.3 Å². The van der Waals surface area contributed by atoms with E-state index in [1.54, 1.807) is 18.2 Å². The summed E-state index contributed by atoms with van der Waals surface area (Å²) in [5.41, 5.74) is 7.50. The van der Waals surface area contributed by atoms with Crippen LogP contribution in [0.3, 0.4) is 0 Å². The molecule has 0 atom stereocenters. The number of benzene rings is 2. The number of aromatic amines is 1. The third-order valence-corrected chi connectivity index (χ3v) is 4.01. The van der Waals surface area contributed by atoms with Crippen molar-refractivity contribution in [1.29, 1.82) is 0 Å². The lowest BCUT2D eigenvalue weighted by atomic mass is 10.1. The Morgan fingerprint density at radius 1 is 0.929 bits per heavy atom. The molecule has 0 aliphatic rings. The van der Waals surface area contributed by atoms with E-state index in [9.17, 15) is 14.4 Å². The number of rotatable bonds is 5. The Kier molecular flexibility index (Phi) is 5.81. The van der Waals surface area contributed by atoms with E-state index in [-0.39, 0.29) is 18.1 Å². The number of aryl methyl sites for hydroxylation is 1. The van der Waals surface area contributed by atoms with Crippen molar-refractivity contribution >= 4 is 17.7 Å². The van der Waals surface area contributed by atoms with Gasteiger partial charge in [0, 0.05) is 11.1 Å². The summed E-state index contributed by atoms with van der Waals surface area (Å²) in [7, 11) is 0. The lowest BCUT2D eigenvalue weighted by molar-refractivity contribution is -0.120. The van der Waals surface area contributed by atoms with Gasteiger partial charge in [0.25, 0.3) is 17.7 Å². The number of amides is 3. The fourth-order valence-corrected chi connectivity index (χ4v) is 2.52. The topological polar surface area (TPSA) is 116 Å². The van der Waals surface area contributed by atoms with Gasteiger partial charge in [-0.05, 0) is 24.6 Å². The zero-order valence-electron chi connectivity index (χ0n) is 15.2. The van der Waals surface area contributed by atoms with Crippen LogP contribution in [0.15, 0.2) is 60.7 Å². The average Bonchev–Trinajstić information content (AvgIpc) is 3.21. The minimum atomic E-state index is -0.557. The summed E-state index contributed by atoms with van der Waals surface area (Å²) >= 11 is 0. The second-order valence-electron chi connectivity index (χ2n) is 6.03. The van der Waals surface area contributed by atoms with E-state index in [0.717, 1.165) is 11.1 Å². The number of hydrogen-bond acceptors (Lipinski definition) is 4. The van der Waals surface area contributed by atoms with Crippen LogP contribution in [0.5, 0.6) is 0 Å². The third kappa shape index (κ3) is 4.61. The molecule has 28 heavy (non-hydrogen) atoms. The van der Waals surface area contributed by atoms with Gasteiger partial charge in [0.05, 0.1) is 12.2 Å². The normalized spacial score (nSPS) is 10.2. The van der Waals surface area contributed by atoms with E-state index >= 15 is 0 Å². The van der Waals surface area contributed by atoms with E-state index < -0.39 is 11.8 Å². The number of H-pyrrole nitrogens is 1. The van der Waals surface area contributed by atoms with Gasteiger partial charge in [-0.15, -0.1) is 0 Å². The second-order valence-corrected chi connectivity index (χ2v) is 6.03. The summed E-state index contributed by atoms with van der Waals surface area (Å²) in [6.45, 7) is 1.54. The zero-order valence-corrected chi connectivity index (χ0v) is 15.2. The minimum absolute atomic E-state index is 0.197. The molecule has 0 fully saturated rings. The fraction of sp³-hybridized carbons (Fsp3) is 0.100. The maximum Gasteiger partial charge on any atom is 0.287 e. The molecule has 3 rings (SSSR count). The quantitative estimate of drug-likeness (QED) is 0.505. The number of aromatic nitrogens is 2. The maximum absolute atomic E-state index is 12.1. The van der Waals surface area contributed by atoms with Crippen molar-refractivity contribution in [2.45, 2.75) is 6.92 Å². The molecule has 2 aromatic carbocycles. The molecule has 8 heteroatoms. The number of carbonyl (C=O) groups is 3. The third-order valence-electron chi connectivity index (χ3n) is 4.01. The molecular formula is C20H19N5O3. The molecule has 0 spiro atoms. The lowest BCUT2D eigenvalue weighted by Gasteiger charge is -2.08. The van der Waals surface area contributed by atoms with Gasteiger partial charge in [-0.3, -0.25) is 30.3 Å². The average molecular weight is 377 g/mol. The van der Waals surface area contributed by atoms with Crippen LogP contribution in [0.2, 0.25) is 0 Å². The molecule has 0 saturated carbocycles. The van der Waals surface area contributed by atoms with Crippen LogP contribution >= 0.6 is 0 Å². The highest BCUT2D eigenvalue weighted by Crippen LogP contribution is 2.16. The number of nitrogens with zero attached hydrogens (tertiary/aromatic N) is 1. The van der Waals surface area contributed by atoms with Crippen molar-refractivity contribution in [2.75, 3.05) is 6.54 Å². The Morgan fingerprint density at radius 2 is 1.64 bits per heavy atom. The van der Waals surface area contributed by atoms with Gasteiger partial charge in [0.15, 0.2) is 0 Å². The van der Waals surface area contributed by atoms with Crippen molar-refractivity contribution in [3.8, 4) is 11.3 Å². The molecule has 0 radical (unpaired) electrons. The van der Waals surface area contributed by atoms with Crippen LogP contribution in [0.4, 0.5) is 0 Å². The Balaban J connectivity index is 1.48. The van der Waals surface area contributed by atoms with Crippen molar-refractivity contribution in [1.82, 2.24) is 26.4 Å². The molecule has 1 aromatic heterocycles. The van der Waals surface area contributed by atoms with Gasteiger partial charge in [-0.1, -0.05) is 48.5 Å². The number of hydrazine groups is 1. The van der Waals surface area contributed by atoms with Crippen molar-refractivity contribution in [3.05, 3.63) is 77.5 Å². The Hall–Kier alpha value is -3.94. The van der Waals surface area contributed by atoms with Gasteiger partial charge in [0.1, 0.15) is 5.69 Å². The Labute approximate surface area is 161 Å². The predicted octanol–water partition coefficient (Wildman–Crippen LogP) is 1.58. The maximum atomic E-state index is 12.1. The van der Waals surface area contributed by atoms with Gasteiger partial charge in [-0.2, -0.15) is 5.10 Å². The smallest absolute Gasteiger partial charge is 0.287 e. The fourth-order valence-electron chi connectivity index (χ4n) is 2.52. The molecule has 0 aliphatic carbocycles. The summed E-state index contributed by atoms with van der Waals surface area (Å²) in [6.07, 6.45) is 0. The molecule has 0 unspecified atom stereocenters. The molecule has 0 aliphatic heterocycles. The van der Waals surface area contributed by atoms with Crippen LogP contribution in [-0.2, 0) is 4.79 Å². The van der Waals surface area contributed by atoms with Crippen molar-refractivity contribution < 1.29 is 14.4 Å². The lowest BCUT2D eigenvalue weighted by Crippen LogP contribution is -2.46. The molecular weight excluding hydrogens is 358 g/mol. The molecule has 8 nitrogen and oxygen atoms in total. The van der Waals surface area contributed by atoms with E-state index in [4.69, 9.17) is 0 Å². The molecule has 3 amide bonds. The highest BCUT2D eigenvalue weighted by Gasteiger charge is 2.13. The van der Waals surface area contributed by atoms with Crippen LogP contribution < -0.4 is 16.2 Å². The first-order valence-corrected chi connectivity index (χ1v) is 8.58. The largest absolute Gasteiger partial charge is 0.343 e. The summed E-state index contributed by atoms with van der Waals surface area (Å²) in [5, 5.41) is 9.21. The highest BCUT2D eigenvalue weighted by molar-refractivity contribution is 5.98. The van der Waals surface area contributed by atoms with E-state index in [0.29, 0.717) is 11.3 Å². The second kappa shape index (κ2) is 8.63. The summed E-state index contributed by atoms with van der Waals surface area (Å²) < 4.78 is 0. The van der Waals surface area contributed by atoms with E-state index in [2.05, 4.69) is 26.4 Å². The Bertz CT molecular complexity index is 998. The van der Waals surface area contributed by atoms with Crippen LogP contribution in [0.1, 0.15) is 26.4 Å². The van der Waals surface area contributed by atoms with Crippen molar-refractivity contribution in [3.63, 3.8) is 0 Å². The molecule has 0 bridgehead atoms. The van der Waals surface area contributed by atoms with Crippen LogP contribution in [-0.4, -0.2) is 34.5 Å². The van der Waals surface area contributed by atoms with E-state index in [1.165, 1.54) is 0 Å². The molecule has 3 aromatic rings. The summed E-state index contributed by atoms with van der Waals surface area (Å²) in [5.74, 6) is -1.47. The zero-order chi connectivity index (χ0) is 19.9. The highest BCUT2D eigenvalue weighted by atomic mass is 16.2. The number of hydrogen-bond donors (Lipinski definition) is 4. The molecule has 4 N–H and O–H groups in total. The first-order chi connectivity index (χ1) is 13.5. The SMILES string of the molecule is Cc1ccccc1C(=O)NCC(=O)NNC(=O)c1cc(-c2ccccc2)n[nH]1. The van der Waals surface area contributed by atoms with Gasteiger partial charge in [0.2, 0.25) is 0 Å². The predicted molar refractivity (Wildman–Crippen MR) is 103 cm³/mol. The standard InChI is InChI=1S/C20H19N5O3/c1-13-7-5-6-10-15(13)19(27)21-12-18(26)24-25-20(28)17-11-16(22-23-17)14-8-3-2-4-9-14/h2-11H,12H2,1H3,(H,21,27)(H,22,23)(H,24,26)(H,25,28). The summed E-state index contributed by atoms with van der Waals surface area (Å²) in [4.78, 5) is 36.0. The van der Waals surface area contributed by atoms with Gasteiger partial charge >= 0.3 is 0 Å². The minimum Gasteiger partial charge on any atom is -0.343 e. The summed E-state index contributed by atoms with van der Waals surface area (Å²) in [6, 6.07) is 18.0. The molecule has 0 saturated heterocycles. The Morgan fingerprint density at radius 3 is 2.39 bits per heavy atom. The van der Waals surface area contributed by atoms with Gasteiger partial charge in [-0.25, -0.2) is 0 Å². The number of nitrogens with one attached hydrogen (secondary N) is 4. The number of carbonyl (C=O) groups excluding carboxylic acids is 3.